The van der Waals surface area contributed by atoms with Gasteiger partial charge in [0.05, 0.1) is 27.3 Å². The molecule has 6 nitrogen and oxygen atoms in total. The zero-order valence-corrected chi connectivity index (χ0v) is 20.4. The van der Waals surface area contributed by atoms with Crippen LogP contribution < -0.4 is 15.2 Å². The third-order valence-corrected chi connectivity index (χ3v) is 7.45. The first kappa shape index (κ1) is 23.5. The second kappa shape index (κ2) is 9.95. The van der Waals surface area contributed by atoms with E-state index in [1.54, 1.807) is 43.2 Å². The fourth-order valence-electron chi connectivity index (χ4n) is 3.51. The molecule has 168 valence electrons. The highest BCUT2D eigenvalue weighted by Crippen LogP contribution is 2.20. The number of aromatic nitrogens is 2. The molecule has 0 spiro atoms. The van der Waals surface area contributed by atoms with Crippen LogP contribution in [0.2, 0.25) is 19.6 Å². The summed E-state index contributed by atoms with van der Waals surface area (Å²) in [7, 11) is 2.00. The molecule has 3 rings (SSSR count). The Morgan fingerprint density at radius 1 is 1.00 bits per heavy atom. The minimum atomic E-state index is -1.40. The summed E-state index contributed by atoms with van der Waals surface area (Å²) in [5.74, 6) is 0.388. The van der Waals surface area contributed by atoms with Crippen LogP contribution in [0.4, 0.5) is 0 Å². The first-order valence-electron chi connectivity index (χ1n) is 10.7. The molecule has 0 fully saturated rings. The van der Waals surface area contributed by atoms with E-state index in [0.717, 1.165) is 11.1 Å². The van der Waals surface area contributed by atoms with E-state index in [-0.39, 0.29) is 24.5 Å². The maximum Gasteiger partial charge on any atom is 0.226 e. The van der Waals surface area contributed by atoms with Gasteiger partial charge in [-0.15, -0.1) is 0 Å². The van der Waals surface area contributed by atoms with Gasteiger partial charge in [-0.25, -0.2) is 0 Å². The van der Waals surface area contributed by atoms with Crippen LogP contribution in [0.15, 0.2) is 60.8 Å². The van der Waals surface area contributed by atoms with Crippen LogP contribution in [0.25, 0.3) is 0 Å². The van der Waals surface area contributed by atoms with Gasteiger partial charge in [0.15, 0.2) is 5.78 Å². The summed E-state index contributed by atoms with van der Waals surface area (Å²) in [5, 5.41) is 8.52. The molecule has 32 heavy (non-hydrogen) atoms. The highest BCUT2D eigenvalue weighted by Gasteiger charge is 2.24. The summed E-state index contributed by atoms with van der Waals surface area (Å²) in [6, 6.07) is 16.6. The predicted octanol–water partition coefficient (Wildman–Crippen LogP) is 3.19. The van der Waals surface area contributed by atoms with Crippen molar-refractivity contribution in [1.29, 1.82) is 0 Å². The minimum Gasteiger partial charge on any atom is -0.497 e. The van der Waals surface area contributed by atoms with Gasteiger partial charge < -0.3 is 10.1 Å². The van der Waals surface area contributed by atoms with Gasteiger partial charge in [0, 0.05) is 19.7 Å². The van der Waals surface area contributed by atoms with E-state index < -0.39 is 14.1 Å². The summed E-state index contributed by atoms with van der Waals surface area (Å²) in [4.78, 5) is 26.0. The molecule has 0 radical (unpaired) electrons. The molecule has 0 aliphatic rings. The molecule has 1 amide bonds. The summed E-state index contributed by atoms with van der Waals surface area (Å²) >= 11 is 0. The van der Waals surface area contributed by atoms with E-state index in [9.17, 15) is 9.59 Å². The third kappa shape index (κ3) is 6.17. The molecular weight excluding hydrogens is 418 g/mol. The minimum absolute atomic E-state index is 0.0645. The van der Waals surface area contributed by atoms with E-state index in [2.05, 4.69) is 42.2 Å². The first-order chi connectivity index (χ1) is 15.2. The SMILES string of the molecule is COc1ccc(C(NC(=O)Cc2ccn(C)n2)C(=O)Cc2ccc([Si](C)(C)C)cc2)cc1. The van der Waals surface area contributed by atoms with Crippen molar-refractivity contribution < 1.29 is 14.3 Å². The Bertz CT molecular complexity index is 1070. The molecule has 1 N–H and O–H groups in total. The van der Waals surface area contributed by atoms with Gasteiger partial charge in [0.2, 0.25) is 5.91 Å². The first-order valence-corrected chi connectivity index (χ1v) is 14.2. The molecule has 3 aromatic rings. The maximum atomic E-state index is 13.3. The van der Waals surface area contributed by atoms with Crippen LogP contribution in [0.3, 0.4) is 0 Å². The molecule has 0 aliphatic carbocycles. The fraction of sp³-hybridized carbons (Fsp3) is 0.320. The van der Waals surface area contributed by atoms with E-state index >= 15 is 0 Å². The highest BCUT2D eigenvalue weighted by molar-refractivity contribution is 6.88. The van der Waals surface area contributed by atoms with Crippen LogP contribution in [-0.4, -0.2) is 36.7 Å². The number of hydrogen-bond donors (Lipinski definition) is 1. The number of aryl methyl sites for hydroxylation is 1. The molecular formula is C25H31N3O3Si. The number of hydrogen-bond acceptors (Lipinski definition) is 4. The summed E-state index contributed by atoms with van der Waals surface area (Å²) < 4.78 is 6.88. The molecule has 0 bridgehead atoms. The normalized spacial score (nSPS) is 12.3. The number of nitrogens with one attached hydrogen (secondary N) is 1. The number of ether oxygens (including phenoxy) is 1. The Morgan fingerprint density at radius 2 is 1.66 bits per heavy atom. The van der Waals surface area contributed by atoms with Gasteiger partial charge in [0.1, 0.15) is 11.8 Å². The molecule has 7 heteroatoms. The van der Waals surface area contributed by atoms with Crippen molar-refractivity contribution in [2.75, 3.05) is 7.11 Å². The van der Waals surface area contributed by atoms with Crippen molar-refractivity contribution in [1.82, 2.24) is 15.1 Å². The van der Waals surface area contributed by atoms with Gasteiger partial charge in [-0.2, -0.15) is 5.10 Å². The van der Waals surface area contributed by atoms with Crippen LogP contribution in [0, 0.1) is 0 Å². The second-order valence-electron chi connectivity index (χ2n) is 9.02. The van der Waals surface area contributed by atoms with Crippen molar-refractivity contribution in [2.24, 2.45) is 7.05 Å². The van der Waals surface area contributed by atoms with Gasteiger partial charge in [-0.05, 0) is 29.3 Å². The lowest BCUT2D eigenvalue weighted by atomic mass is 9.97. The smallest absolute Gasteiger partial charge is 0.226 e. The van der Waals surface area contributed by atoms with E-state index in [1.165, 1.54) is 5.19 Å². The number of methoxy groups -OCH3 is 1. The van der Waals surface area contributed by atoms with Gasteiger partial charge >= 0.3 is 0 Å². The molecule has 0 saturated carbocycles. The Labute approximate surface area is 190 Å². The van der Waals surface area contributed by atoms with Crippen LogP contribution in [0.1, 0.15) is 22.9 Å². The quantitative estimate of drug-likeness (QED) is 0.509. The highest BCUT2D eigenvalue weighted by atomic mass is 28.3. The van der Waals surface area contributed by atoms with Crippen molar-refractivity contribution in [3.05, 3.63) is 77.6 Å². The standard InChI is InChI=1S/C25H31N3O3Si/c1-28-15-14-20(27-28)17-24(30)26-25(19-8-10-21(31-2)11-9-19)23(29)16-18-6-12-22(13-7-18)32(3,4)5/h6-15,25H,16-17H2,1-5H3,(H,26,30). The second-order valence-corrected chi connectivity index (χ2v) is 14.1. The van der Waals surface area contributed by atoms with Crippen LogP contribution in [0.5, 0.6) is 5.75 Å². The average Bonchev–Trinajstić information content (AvgIpc) is 3.16. The Kier molecular flexibility index (Phi) is 7.30. The number of benzene rings is 2. The summed E-state index contributed by atoms with van der Waals surface area (Å²) in [6.07, 6.45) is 2.15. The van der Waals surface area contributed by atoms with Crippen LogP contribution in [-0.2, 0) is 29.5 Å². The topological polar surface area (TPSA) is 73.2 Å². The number of nitrogens with zero attached hydrogens (tertiary/aromatic N) is 2. The van der Waals surface area contributed by atoms with Gasteiger partial charge in [0.25, 0.3) is 0 Å². The van der Waals surface area contributed by atoms with Crippen molar-refractivity contribution in [3.8, 4) is 5.75 Å². The Hall–Kier alpha value is -3.19. The van der Waals surface area contributed by atoms with E-state index in [1.807, 2.05) is 24.3 Å². The monoisotopic (exact) mass is 449 g/mol. The molecule has 0 saturated heterocycles. The van der Waals surface area contributed by atoms with Crippen molar-refractivity contribution in [2.45, 2.75) is 38.5 Å². The zero-order chi connectivity index (χ0) is 23.3. The maximum absolute atomic E-state index is 13.3. The molecule has 0 aliphatic heterocycles. The number of carbonyl (C=O) groups is 2. The lowest BCUT2D eigenvalue weighted by molar-refractivity contribution is -0.127. The van der Waals surface area contributed by atoms with Gasteiger partial charge in [-0.3, -0.25) is 14.3 Å². The van der Waals surface area contributed by atoms with Crippen molar-refractivity contribution >= 4 is 25.0 Å². The Balaban J connectivity index is 1.78. The third-order valence-electron chi connectivity index (χ3n) is 5.39. The molecule has 2 aromatic carbocycles. The average molecular weight is 450 g/mol. The van der Waals surface area contributed by atoms with E-state index in [0.29, 0.717) is 11.4 Å². The largest absolute Gasteiger partial charge is 0.497 e. The lowest BCUT2D eigenvalue weighted by Gasteiger charge is -2.19. The number of Topliss-reactive ketones (excluding diaryl/α,β-unsaturated/α-hetero) is 1. The van der Waals surface area contributed by atoms with Crippen LogP contribution >= 0.6 is 0 Å². The number of amides is 1. The summed E-state index contributed by atoms with van der Waals surface area (Å²) in [6.45, 7) is 6.89. The number of ketones is 1. The Morgan fingerprint density at radius 3 is 2.19 bits per heavy atom. The molecule has 1 unspecified atom stereocenters. The predicted molar refractivity (Wildman–Crippen MR) is 129 cm³/mol. The molecule has 1 heterocycles. The molecule has 1 atom stereocenters. The molecule has 1 aromatic heterocycles. The summed E-state index contributed by atoms with van der Waals surface area (Å²) in [5.41, 5.74) is 2.33. The fourth-order valence-corrected chi connectivity index (χ4v) is 4.67. The van der Waals surface area contributed by atoms with E-state index in [4.69, 9.17) is 4.74 Å². The van der Waals surface area contributed by atoms with Gasteiger partial charge in [-0.1, -0.05) is 61.2 Å². The van der Waals surface area contributed by atoms with Crippen molar-refractivity contribution in [3.63, 3.8) is 0 Å². The number of rotatable bonds is 9. The number of carbonyl (C=O) groups excluding carboxylic acids is 2. The lowest BCUT2D eigenvalue weighted by Crippen LogP contribution is -2.37. The zero-order valence-electron chi connectivity index (χ0n) is 19.4.